The Kier molecular flexibility index (Phi) is 7.11. The summed E-state index contributed by atoms with van der Waals surface area (Å²) in [6.07, 6.45) is 1.81. The monoisotopic (exact) mass is 470 g/mol. The van der Waals surface area contributed by atoms with Crippen LogP contribution in [0.25, 0.3) is 16.8 Å². The predicted octanol–water partition coefficient (Wildman–Crippen LogP) is 4.56. The molecule has 8 heteroatoms. The number of hydrogen-bond acceptors (Lipinski definition) is 5. The molecule has 0 aliphatic heterocycles. The summed E-state index contributed by atoms with van der Waals surface area (Å²) in [6, 6.07) is 21.7. The number of anilines is 1. The zero-order valence-electron chi connectivity index (χ0n) is 19.7. The summed E-state index contributed by atoms with van der Waals surface area (Å²) in [7, 11) is 3.13. The normalized spacial score (nSPS) is 10.5. The molecular weight excluding hydrogens is 444 g/mol. The average Bonchev–Trinajstić information content (AvgIpc) is 3.35. The second kappa shape index (κ2) is 10.6. The van der Waals surface area contributed by atoms with Crippen LogP contribution in [0.4, 0.5) is 5.69 Å². The molecule has 2 amide bonds. The fourth-order valence-corrected chi connectivity index (χ4v) is 3.63. The Morgan fingerprint density at radius 3 is 2.26 bits per heavy atom. The van der Waals surface area contributed by atoms with Crippen LogP contribution in [-0.4, -0.2) is 42.4 Å². The molecule has 0 bridgehead atoms. The van der Waals surface area contributed by atoms with E-state index in [-0.39, 0.29) is 17.5 Å². The molecule has 0 aliphatic rings. The van der Waals surface area contributed by atoms with Gasteiger partial charge in [-0.15, -0.1) is 0 Å². The maximum absolute atomic E-state index is 13.3. The number of ether oxygens (including phenoxy) is 2. The van der Waals surface area contributed by atoms with E-state index < -0.39 is 0 Å². The van der Waals surface area contributed by atoms with E-state index in [1.165, 1.54) is 0 Å². The summed E-state index contributed by atoms with van der Waals surface area (Å²) in [4.78, 5) is 25.3. The standard InChI is InChI=1S/C27H26N4O4/c1-4-28-26(32)18-10-13-20(14-11-18)29-27(33)25-22(17-31(30-25)21-8-6-5-7-9-21)19-12-15-23(34-2)24(16-19)35-3/h5-17H,4H2,1-3H3,(H,28,32)(H,29,33). The van der Waals surface area contributed by atoms with Crippen molar-refractivity contribution >= 4 is 17.5 Å². The lowest BCUT2D eigenvalue weighted by atomic mass is 10.1. The van der Waals surface area contributed by atoms with E-state index in [4.69, 9.17) is 9.47 Å². The Balaban J connectivity index is 1.70. The van der Waals surface area contributed by atoms with Crippen molar-refractivity contribution in [3.63, 3.8) is 0 Å². The molecule has 0 saturated carbocycles. The lowest BCUT2D eigenvalue weighted by Crippen LogP contribution is -2.22. The minimum Gasteiger partial charge on any atom is -0.493 e. The number of amides is 2. The molecule has 4 rings (SSSR count). The lowest BCUT2D eigenvalue weighted by molar-refractivity contribution is 0.0955. The van der Waals surface area contributed by atoms with E-state index in [0.29, 0.717) is 34.9 Å². The molecular formula is C27H26N4O4. The van der Waals surface area contributed by atoms with Gasteiger partial charge in [0.1, 0.15) is 0 Å². The Morgan fingerprint density at radius 2 is 1.60 bits per heavy atom. The summed E-state index contributed by atoms with van der Waals surface area (Å²) < 4.78 is 12.5. The van der Waals surface area contributed by atoms with E-state index >= 15 is 0 Å². The number of nitrogens with one attached hydrogen (secondary N) is 2. The first-order chi connectivity index (χ1) is 17.0. The van der Waals surface area contributed by atoms with Crippen LogP contribution in [0.5, 0.6) is 11.5 Å². The van der Waals surface area contributed by atoms with Crippen LogP contribution in [0.3, 0.4) is 0 Å². The number of rotatable bonds is 8. The molecule has 178 valence electrons. The topological polar surface area (TPSA) is 94.5 Å². The minimum atomic E-state index is -0.379. The highest BCUT2D eigenvalue weighted by Gasteiger charge is 2.20. The van der Waals surface area contributed by atoms with Gasteiger partial charge in [0.2, 0.25) is 0 Å². The molecule has 0 saturated heterocycles. The van der Waals surface area contributed by atoms with Crippen LogP contribution in [0.15, 0.2) is 79.0 Å². The van der Waals surface area contributed by atoms with Gasteiger partial charge in [-0.1, -0.05) is 24.3 Å². The number of carbonyl (C=O) groups excluding carboxylic acids is 2. The first kappa shape index (κ1) is 23.6. The second-order valence-electron chi connectivity index (χ2n) is 7.63. The molecule has 0 atom stereocenters. The zero-order chi connectivity index (χ0) is 24.8. The highest BCUT2D eigenvalue weighted by molar-refractivity contribution is 6.07. The van der Waals surface area contributed by atoms with Crippen molar-refractivity contribution in [1.82, 2.24) is 15.1 Å². The molecule has 0 spiro atoms. The SMILES string of the molecule is CCNC(=O)c1ccc(NC(=O)c2nn(-c3ccccc3)cc2-c2ccc(OC)c(OC)c2)cc1. The van der Waals surface area contributed by atoms with Crippen LogP contribution in [-0.2, 0) is 0 Å². The van der Waals surface area contributed by atoms with Gasteiger partial charge >= 0.3 is 0 Å². The van der Waals surface area contributed by atoms with Gasteiger partial charge in [0.05, 0.1) is 19.9 Å². The predicted molar refractivity (Wildman–Crippen MR) is 135 cm³/mol. The highest BCUT2D eigenvalue weighted by Crippen LogP contribution is 2.34. The largest absolute Gasteiger partial charge is 0.493 e. The van der Waals surface area contributed by atoms with Crippen molar-refractivity contribution in [3.8, 4) is 28.3 Å². The van der Waals surface area contributed by atoms with Crippen molar-refractivity contribution in [2.75, 3.05) is 26.1 Å². The van der Waals surface area contributed by atoms with Crippen molar-refractivity contribution in [3.05, 3.63) is 90.3 Å². The first-order valence-electron chi connectivity index (χ1n) is 11.1. The Hall–Kier alpha value is -4.59. The van der Waals surface area contributed by atoms with Crippen LogP contribution in [0.2, 0.25) is 0 Å². The van der Waals surface area contributed by atoms with Crippen molar-refractivity contribution in [1.29, 1.82) is 0 Å². The quantitative estimate of drug-likeness (QED) is 0.394. The number of para-hydroxylation sites is 1. The van der Waals surface area contributed by atoms with Crippen LogP contribution in [0, 0.1) is 0 Å². The van der Waals surface area contributed by atoms with Gasteiger partial charge in [0, 0.05) is 29.6 Å². The van der Waals surface area contributed by atoms with E-state index in [0.717, 1.165) is 11.3 Å². The highest BCUT2D eigenvalue weighted by atomic mass is 16.5. The minimum absolute atomic E-state index is 0.164. The molecule has 0 unspecified atom stereocenters. The van der Waals surface area contributed by atoms with Crippen molar-refractivity contribution in [2.45, 2.75) is 6.92 Å². The van der Waals surface area contributed by atoms with Gasteiger partial charge in [0.25, 0.3) is 11.8 Å². The Labute approximate surface area is 203 Å². The second-order valence-corrected chi connectivity index (χ2v) is 7.63. The smallest absolute Gasteiger partial charge is 0.276 e. The summed E-state index contributed by atoms with van der Waals surface area (Å²) in [5.41, 5.74) is 3.51. The molecule has 0 fully saturated rings. The fourth-order valence-electron chi connectivity index (χ4n) is 3.63. The number of carbonyl (C=O) groups is 2. The molecule has 8 nitrogen and oxygen atoms in total. The molecule has 2 N–H and O–H groups in total. The number of hydrogen-bond donors (Lipinski definition) is 2. The average molecular weight is 471 g/mol. The summed E-state index contributed by atoms with van der Waals surface area (Å²) in [5.74, 6) is 0.590. The van der Waals surface area contributed by atoms with Gasteiger partial charge in [-0.2, -0.15) is 5.10 Å². The summed E-state index contributed by atoms with van der Waals surface area (Å²) in [5, 5.41) is 10.2. The molecule has 0 aliphatic carbocycles. The van der Waals surface area contributed by atoms with E-state index in [2.05, 4.69) is 15.7 Å². The Morgan fingerprint density at radius 1 is 0.886 bits per heavy atom. The third kappa shape index (κ3) is 5.16. The van der Waals surface area contributed by atoms with E-state index in [1.54, 1.807) is 49.2 Å². The number of aromatic nitrogens is 2. The molecule has 1 heterocycles. The number of benzene rings is 3. The third-order valence-electron chi connectivity index (χ3n) is 5.39. The summed E-state index contributed by atoms with van der Waals surface area (Å²) in [6.45, 7) is 2.40. The number of methoxy groups -OCH3 is 2. The van der Waals surface area contributed by atoms with Gasteiger partial charge in [-0.25, -0.2) is 4.68 Å². The molecule has 3 aromatic carbocycles. The number of nitrogens with zero attached hydrogens (tertiary/aromatic N) is 2. The maximum atomic E-state index is 13.3. The van der Waals surface area contributed by atoms with Crippen LogP contribution >= 0.6 is 0 Å². The zero-order valence-corrected chi connectivity index (χ0v) is 19.7. The van der Waals surface area contributed by atoms with Crippen LogP contribution < -0.4 is 20.1 Å². The first-order valence-corrected chi connectivity index (χ1v) is 11.1. The molecule has 1 aromatic heterocycles. The van der Waals surface area contributed by atoms with Gasteiger partial charge in [-0.05, 0) is 61.0 Å². The van der Waals surface area contributed by atoms with Crippen molar-refractivity contribution < 1.29 is 19.1 Å². The van der Waals surface area contributed by atoms with Gasteiger partial charge in [-0.3, -0.25) is 9.59 Å². The molecule has 35 heavy (non-hydrogen) atoms. The lowest BCUT2D eigenvalue weighted by Gasteiger charge is -2.10. The summed E-state index contributed by atoms with van der Waals surface area (Å²) >= 11 is 0. The fraction of sp³-hybridized carbons (Fsp3) is 0.148. The Bertz CT molecular complexity index is 1330. The van der Waals surface area contributed by atoms with E-state index in [1.807, 2.05) is 55.6 Å². The maximum Gasteiger partial charge on any atom is 0.276 e. The van der Waals surface area contributed by atoms with E-state index in [9.17, 15) is 9.59 Å². The third-order valence-corrected chi connectivity index (χ3v) is 5.39. The molecule has 0 radical (unpaired) electrons. The van der Waals surface area contributed by atoms with Gasteiger partial charge < -0.3 is 20.1 Å². The van der Waals surface area contributed by atoms with Crippen LogP contribution in [0.1, 0.15) is 27.8 Å². The van der Waals surface area contributed by atoms with Gasteiger partial charge in [0.15, 0.2) is 17.2 Å². The van der Waals surface area contributed by atoms with Crippen molar-refractivity contribution in [2.24, 2.45) is 0 Å². The molecule has 4 aromatic rings.